The third-order valence-electron chi connectivity index (χ3n) is 2.48. The van der Waals surface area contributed by atoms with E-state index in [1.165, 1.54) is 0 Å². The molecule has 0 atom stereocenters. The summed E-state index contributed by atoms with van der Waals surface area (Å²) in [6.45, 7) is 1.18. The molecule has 1 aromatic rings. The molecule has 0 aromatic carbocycles. The molecule has 0 radical (unpaired) electrons. The van der Waals surface area contributed by atoms with Crippen molar-refractivity contribution in [2.75, 3.05) is 13.6 Å². The maximum absolute atomic E-state index is 11.6. The first-order valence-corrected chi connectivity index (χ1v) is 7.45. The average molecular weight is 338 g/mol. The molecule has 6 heteroatoms. The van der Waals surface area contributed by atoms with Crippen molar-refractivity contribution < 1.29 is 4.79 Å². The fourth-order valence-electron chi connectivity index (χ4n) is 1.54. The summed E-state index contributed by atoms with van der Waals surface area (Å²) in [5.41, 5.74) is 0. The first-order valence-electron chi connectivity index (χ1n) is 5.46. The first-order chi connectivity index (χ1) is 8.04. The Hall–Kier alpha value is -0.100. The van der Waals surface area contributed by atoms with Gasteiger partial charge in [0.15, 0.2) is 0 Å². The van der Waals surface area contributed by atoms with Crippen LogP contribution in [0.15, 0.2) is 10.5 Å². The zero-order valence-electron chi connectivity index (χ0n) is 9.50. The zero-order valence-corrected chi connectivity index (χ0v) is 12.7. The molecule has 17 heavy (non-hydrogen) atoms. The van der Waals surface area contributed by atoms with Gasteiger partial charge in [-0.1, -0.05) is 11.6 Å². The Morgan fingerprint density at radius 2 is 2.41 bits per heavy atom. The summed E-state index contributed by atoms with van der Waals surface area (Å²) in [5.74, 6) is 0.108. The number of nitrogens with zero attached hydrogens (tertiary/aromatic N) is 1. The monoisotopic (exact) mass is 336 g/mol. The van der Waals surface area contributed by atoms with Gasteiger partial charge in [0, 0.05) is 21.9 Å². The molecule has 3 nitrogen and oxygen atoms in total. The van der Waals surface area contributed by atoms with Gasteiger partial charge in [-0.2, -0.15) is 0 Å². The number of rotatable bonds is 5. The van der Waals surface area contributed by atoms with Gasteiger partial charge in [0.2, 0.25) is 5.91 Å². The zero-order chi connectivity index (χ0) is 12.4. The van der Waals surface area contributed by atoms with E-state index in [1.54, 1.807) is 11.3 Å². The number of halogens is 2. The van der Waals surface area contributed by atoms with E-state index in [1.807, 2.05) is 18.0 Å². The van der Waals surface area contributed by atoms with Gasteiger partial charge < -0.3 is 5.32 Å². The molecule has 94 valence electrons. The fraction of sp³-hybridized carbons (Fsp3) is 0.545. The minimum atomic E-state index is 0.108. The van der Waals surface area contributed by atoms with Crippen molar-refractivity contribution in [2.24, 2.45) is 0 Å². The highest BCUT2D eigenvalue weighted by Crippen LogP contribution is 2.32. The lowest BCUT2D eigenvalue weighted by Gasteiger charge is -2.14. The second kappa shape index (κ2) is 5.69. The third-order valence-corrected chi connectivity index (χ3v) is 4.94. The Bertz CT molecular complexity index is 400. The van der Waals surface area contributed by atoms with Crippen LogP contribution in [0.1, 0.15) is 17.7 Å². The van der Waals surface area contributed by atoms with Crippen LogP contribution in [-0.2, 0) is 11.3 Å². The second-order valence-corrected chi connectivity index (χ2v) is 6.94. The van der Waals surface area contributed by atoms with Crippen molar-refractivity contribution >= 4 is 44.8 Å². The Kier molecular flexibility index (Phi) is 4.47. The summed E-state index contributed by atoms with van der Waals surface area (Å²) >= 11 is 10.9. The van der Waals surface area contributed by atoms with Crippen LogP contribution in [0.4, 0.5) is 0 Å². The van der Waals surface area contributed by atoms with Crippen LogP contribution in [0.2, 0.25) is 4.34 Å². The molecule has 1 aliphatic rings. The normalized spacial score (nSPS) is 15.3. The Labute approximate surface area is 118 Å². The van der Waals surface area contributed by atoms with Crippen LogP contribution in [-0.4, -0.2) is 30.4 Å². The van der Waals surface area contributed by atoms with Gasteiger partial charge in [0.1, 0.15) is 4.34 Å². The quantitative estimate of drug-likeness (QED) is 0.896. The van der Waals surface area contributed by atoms with E-state index in [4.69, 9.17) is 11.6 Å². The van der Waals surface area contributed by atoms with Gasteiger partial charge in [0.25, 0.3) is 0 Å². The van der Waals surface area contributed by atoms with E-state index in [-0.39, 0.29) is 5.91 Å². The van der Waals surface area contributed by atoms with E-state index >= 15 is 0 Å². The van der Waals surface area contributed by atoms with Crippen molar-refractivity contribution in [3.63, 3.8) is 0 Å². The number of likely N-dealkylation sites (N-methyl/N-ethyl adjacent to an activating group) is 1. The van der Waals surface area contributed by atoms with Crippen molar-refractivity contribution in [1.29, 1.82) is 0 Å². The summed E-state index contributed by atoms with van der Waals surface area (Å²) in [4.78, 5) is 14.7. The van der Waals surface area contributed by atoms with E-state index < -0.39 is 0 Å². The molecule has 1 fully saturated rings. The highest BCUT2D eigenvalue weighted by atomic mass is 79.9. The molecule has 2 rings (SSSR count). The van der Waals surface area contributed by atoms with Crippen LogP contribution in [0.25, 0.3) is 0 Å². The molecule has 0 aliphatic heterocycles. The van der Waals surface area contributed by atoms with E-state index in [0.29, 0.717) is 12.6 Å². The summed E-state index contributed by atoms with van der Waals surface area (Å²) in [7, 11) is 1.94. The summed E-state index contributed by atoms with van der Waals surface area (Å²) in [5, 5.41) is 2.97. The fourth-order valence-corrected chi connectivity index (χ4v) is 3.41. The molecule has 0 spiro atoms. The van der Waals surface area contributed by atoms with E-state index in [9.17, 15) is 4.79 Å². The number of nitrogens with one attached hydrogen (secondary N) is 1. The number of carbonyl (C=O) groups excluding carboxylic acids is 1. The average Bonchev–Trinajstić information content (AvgIpc) is 2.94. The van der Waals surface area contributed by atoms with Crippen LogP contribution >= 0.6 is 38.9 Å². The Morgan fingerprint density at radius 3 is 2.94 bits per heavy atom. The Morgan fingerprint density at radius 1 is 1.71 bits per heavy atom. The van der Waals surface area contributed by atoms with Gasteiger partial charge in [-0.15, -0.1) is 11.3 Å². The molecular formula is C11H14BrClN2OS. The number of amides is 1. The van der Waals surface area contributed by atoms with Gasteiger partial charge in [-0.3, -0.25) is 9.69 Å². The predicted octanol–water partition coefficient (Wildman–Crippen LogP) is 2.87. The molecule has 1 amide bonds. The van der Waals surface area contributed by atoms with Gasteiger partial charge in [-0.05, 0) is 41.9 Å². The minimum Gasteiger partial charge on any atom is -0.352 e. The summed E-state index contributed by atoms with van der Waals surface area (Å²) < 4.78 is 1.69. The predicted molar refractivity (Wildman–Crippen MR) is 74.5 cm³/mol. The van der Waals surface area contributed by atoms with E-state index in [2.05, 4.69) is 21.2 Å². The molecular weight excluding hydrogens is 324 g/mol. The van der Waals surface area contributed by atoms with E-state index in [0.717, 1.165) is 33.1 Å². The van der Waals surface area contributed by atoms with Gasteiger partial charge in [0.05, 0.1) is 6.54 Å². The SMILES string of the molecule is CN(CC(=O)NC1CC1)Cc1cc(Br)c(Cl)s1. The largest absolute Gasteiger partial charge is 0.352 e. The van der Waals surface area contributed by atoms with Gasteiger partial charge in [-0.25, -0.2) is 0 Å². The van der Waals surface area contributed by atoms with Crippen molar-refractivity contribution in [3.05, 3.63) is 19.8 Å². The Balaban J connectivity index is 1.79. The lowest BCUT2D eigenvalue weighted by Crippen LogP contribution is -2.35. The van der Waals surface area contributed by atoms with Crippen LogP contribution < -0.4 is 5.32 Å². The molecule has 1 heterocycles. The third kappa shape index (κ3) is 4.25. The van der Waals surface area contributed by atoms with Crippen molar-refractivity contribution in [1.82, 2.24) is 10.2 Å². The maximum atomic E-state index is 11.6. The number of hydrogen-bond acceptors (Lipinski definition) is 3. The van der Waals surface area contributed by atoms with Crippen LogP contribution in [0.3, 0.4) is 0 Å². The van der Waals surface area contributed by atoms with Crippen molar-refractivity contribution in [2.45, 2.75) is 25.4 Å². The van der Waals surface area contributed by atoms with Crippen LogP contribution in [0.5, 0.6) is 0 Å². The number of thiophene rings is 1. The number of carbonyl (C=O) groups is 1. The molecule has 0 bridgehead atoms. The topological polar surface area (TPSA) is 32.3 Å². The molecule has 1 N–H and O–H groups in total. The molecule has 1 aliphatic carbocycles. The maximum Gasteiger partial charge on any atom is 0.234 e. The highest BCUT2D eigenvalue weighted by molar-refractivity contribution is 9.10. The summed E-state index contributed by atoms with van der Waals surface area (Å²) in [6.07, 6.45) is 2.26. The second-order valence-electron chi connectivity index (χ2n) is 4.35. The highest BCUT2D eigenvalue weighted by Gasteiger charge is 2.23. The van der Waals surface area contributed by atoms with Crippen LogP contribution in [0, 0.1) is 0 Å². The molecule has 0 unspecified atom stereocenters. The molecule has 1 saturated carbocycles. The summed E-state index contributed by atoms with van der Waals surface area (Å²) in [6, 6.07) is 2.43. The van der Waals surface area contributed by atoms with Crippen molar-refractivity contribution in [3.8, 4) is 0 Å². The number of hydrogen-bond donors (Lipinski definition) is 1. The standard InChI is InChI=1S/C11H14BrClN2OS/c1-15(6-10(16)14-7-2-3-7)5-8-4-9(12)11(13)17-8/h4,7H,2-3,5-6H2,1H3,(H,14,16). The first kappa shape index (κ1) is 13.3. The van der Waals surface area contributed by atoms with Gasteiger partial charge >= 0.3 is 0 Å². The molecule has 1 aromatic heterocycles. The minimum absolute atomic E-state index is 0.108. The lowest BCUT2D eigenvalue weighted by atomic mass is 10.4. The lowest BCUT2D eigenvalue weighted by molar-refractivity contribution is -0.122. The molecule has 0 saturated heterocycles. The smallest absolute Gasteiger partial charge is 0.234 e.